The average Bonchev–Trinajstić information content (AvgIpc) is 2.32. The Bertz CT molecular complexity index is 442. The van der Waals surface area contributed by atoms with Crippen molar-refractivity contribution in [3.8, 4) is 0 Å². The third-order valence-electron chi connectivity index (χ3n) is 2.73. The summed E-state index contributed by atoms with van der Waals surface area (Å²) in [7, 11) is -0.866. The quantitative estimate of drug-likeness (QED) is 0.637. The topological polar surface area (TPSA) is 29.1 Å². The van der Waals surface area contributed by atoms with Crippen LogP contribution >= 0.6 is 15.9 Å². The van der Waals surface area contributed by atoms with Crippen molar-refractivity contribution in [1.29, 1.82) is 0 Å². The molecule has 0 aliphatic rings. The number of halogens is 3. The van der Waals surface area contributed by atoms with Crippen LogP contribution in [0.25, 0.3) is 0 Å². The van der Waals surface area contributed by atoms with Crippen molar-refractivity contribution in [3.63, 3.8) is 0 Å². The van der Waals surface area contributed by atoms with Gasteiger partial charge in [0.15, 0.2) is 0 Å². The lowest BCUT2D eigenvalue weighted by Crippen LogP contribution is -2.22. The molecule has 6 heteroatoms. The van der Waals surface area contributed by atoms with Crippen LogP contribution in [0.2, 0.25) is 0 Å². The Morgan fingerprint density at radius 2 is 2.11 bits per heavy atom. The molecule has 0 aliphatic heterocycles. The Labute approximate surface area is 117 Å². The number of hydrogen-bond acceptors (Lipinski definition) is 2. The minimum absolute atomic E-state index is 0.0228. The summed E-state index contributed by atoms with van der Waals surface area (Å²) >= 11 is 3.02. The second-order valence-corrected chi connectivity index (χ2v) is 6.75. The van der Waals surface area contributed by atoms with Gasteiger partial charge in [0.2, 0.25) is 0 Å². The van der Waals surface area contributed by atoms with E-state index in [-0.39, 0.29) is 21.8 Å². The fourth-order valence-electron chi connectivity index (χ4n) is 1.42. The first-order valence-electron chi connectivity index (χ1n) is 5.58. The first kappa shape index (κ1) is 15.7. The molecule has 0 aliphatic carbocycles. The molecular formula is C12H16BrF2NOS. The summed E-state index contributed by atoms with van der Waals surface area (Å²) in [4.78, 5) is 0. The van der Waals surface area contributed by atoms with Crippen LogP contribution in [0.1, 0.15) is 18.9 Å². The molecule has 0 spiro atoms. The number of rotatable bonds is 6. The van der Waals surface area contributed by atoms with Gasteiger partial charge in [0, 0.05) is 34.4 Å². The van der Waals surface area contributed by atoms with Crippen molar-refractivity contribution in [2.24, 2.45) is 0 Å². The Hall–Kier alpha value is -0.330. The average molecular weight is 340 g/mol. The third-order valence-corrected chi connectivity index (χ3v) is 4.72. The number of benzene rings is 1. The van der Waals surface area contributed by atoms with Gasteiger partial charge < -0.3 is 5.32 Å². The van der Waals surface area contributed by atoms with Crippen molar-refractivity contribution in [3.05, 3.63) is 33.8 Å². The molecule has 0 aromatic heterocycles. The van der Waals surface area contributed by atoms with Gasteiger partial charge in [-0.2, -0.15) is 0 Å². The van der Waals surface area contributed by atoms with Crippen LogP contribution in [0, 0.1) is 11.6 Å². The van der Waals surface area contributed by atoms with Crippen molar-refractivity contribution < 1.29 is 13.0 Å². The van der Waals surface area contributed by atoms with Crippen molar-refractivity contribution >= 4 is 26.7 Å². The summed E-state index contributed by atoms with van der Waals surface area (Å²) in [6, 6.07) is 2.57. The monoisotopic (exact) mass is 339 g/mol. The van der Waals surface area contributed by atoms with Crippen LogP contribution in [-0.2, 0) is 17.3 Å². The van der Waals surface area contributed by atoms with Gasteiger partial charge in [0.1, 0.15) is 11.6 Å². The maximum absolute atomic E-state index is 13.6. The lowest BCUT2D eigenvalue weighted by atomic mass is 10.2. The Morgan fingerprint density at radius 1 is 1.44 bits per heavy atom. The summed E-state index contributed by atoms with van der Waals surface area (Å²) in [5.74, 6) is -1.13. The zero-order valence-electron chi connectivity index (χ0n) is 10.3. The standard InChI is InChI=1S/C12H16BrF2NOS/c1-8(18(2)17)5-6-16-7-9-11(14)4-3-10(13)12(9)15/h3-4,8,16H,5-7H2,1-2H3. The molecule has 1 aromatic rings. The third kappa shape index (κ3) is 4.40. The van der Waals surface area contributed by atoms with Crippen LogP contribution in [0.5, 0.6) is 0 Å². The fourth-order valence-corrected chi connectivity index (χ4v) is 2.24. The van der Waals surface area contributed by atoms with Gasteiger partial charge in [-0.25, -0.2) is 8.78 Å². The van der Waals surface area contributed by atoms with Gasteiger partial charge in [0.05, 0.1) is 4.47 Å². The molecule has 0 radical (unpaired) electrons. The first-order valence-corrected chi connectivity index (χ1v) is 8.00. The lowest BCUT2D eigenvalue weighted by molar-refractivity contribution is 0.528. The van der Waals surface area contributed by atoms with Gasteiger partial charge in [-0.3, -0.25) is 4.21 Å². The van der Waals surface area contributed by atoms with E-state index in [1.54, 1.807) is 6.26 Å². The number of hydrogen-bond donors (Lipinski definition) is 1. The molecule has 0 saturated carbocycles. The van der Waals surface area contributed by atoms with Crippen LogP contribution in [0.3, 0.4) is 0 Å². The zero-order valence-corrected chi connectivity index (χ0v) is 12.7. The van der Waals surface area contributed by atoms with E-state index in [0.717, 1.165) is 0 Å². The van der Waals surface area contributed by atoms with Gasteiger partial charge in [0.25, 0.3) is 0 Å². The maximum atomic E-state index is 13.6. The highest BCUT2D eigenvalue weighted by atomic mass is 79.9. The molecule has 0 amide bonds. The predicted molar refractivity (Wildman–Crippen MR) is 73.9 cm³/mol. The van der Waals surface area contributed by atoms with E-state index in [1.807, 2.05) is 6.92 Å². The molecule has 1 N–H and O–H groups in total. The van der Waals surface area contributed by atoms with E-state index in [2.05, 4.69) is 21.2 Å². The molecule has 2 atom stereocenters. The summed E-state index contributed by atoms with van der Waals surface area (Å²) in [5.41, 5.74) is 0.0228. The normalized spacial score (nSPS) is 14.5. The van der Waals surface area contributed by atoms with Crippen LogP contribution in [0.15, 0.2) is 16.6 Å². The lowest BCUT2D eigenvalue weighted by Gasteiger charge is -2.10. The highest BCUT2D eigenvalue weighted by Crippen LogP contribution is 2.21. The van der Waals surface area contributed by atoms with Crippen LogP contribution < -0.4 is 5.32 Å². The Morgan fingerprint density at radius 3 is 2.72 bits per heavy atom. The van der Waals surface area contributed by atoms with Gasteiger partial charge in [-0.1, -0.05) is 6.92 Å². The molecule has 1 rings (SSSR count). The zero-order chi connectivity index (χ0) is 13.7. The highest BCUT2D eigenvalue weighted by molar-refractivity contribution is 9.10. The second kappa shape index (κ2) is 7.31. The summed E-state index contributed by atoms with van der Waals surface area (Å²) < 4.78 is 38.4. The second-order valence-electron chi connectivity index (χ2n) is 4.10. The summed E-state index contributed by atoms with van der Waals surface area (Å²) in [6.07, 6.45) is 2.36. The Kier molecular flexibility index (Phi) is 6.38. The van der Waals surface area contributed by atoms with E-state index in [1.165, 1.54) is 12.1 Å². The van der Waals surface area contributed by atoms with Crippen molar-refractivity contribution in [2.75, 3.05) is 12.8 Å². The largest absolute Gasteiger partial charge is 0.312 e. The molecule has 18 heavy (non-hydrogen) atoms. The summed E-state index contributed by atoms with van der Waals surface area (Å²) in [5, 5.41) is 3.04. The van der Waals surface area contributed by atoms with Gasteiger partial charge in [-0.15, -0.1) is 0 Å². The predicted octanol–water partition coefficient (Wildman–Crippen LogP) is 2.97. The fraction of sp³-hybridized carbons (Fsp3) is 0.500. The smallest absolute Gasteiger partial charge is 0.144 e. The SMILES string of the molecule is CC(CCNCc1c(F)ccc(Br)c1F)S(C)=O. The molecule has 102 valence electrons. The van der Waals surface area contributed by atoms with Crippen LogP contribution in [-0.4, -0.2) is 22.3 Å². The van der Waals surface area contributed by atoms with E-state index < -0.39 is 22.4 Å². The molecule has 0 bridgehead atoms. The summed E-state index contributed by atoms with van der Waals surface area (Å²) in [6.45, 7) is 2.59. The first-order chi connectivity index (χ1) is 8.43. The molecule has 2 nitrogen and oxygen atoms in total. The van der Waals surface area contributed by atoms with Crippen LogP contribution in [0.4, 0.5) is 8.78 Å². The Balaban J connectivity index is 2.50. The maximum Gasteiger partial charge on any atom is 0.144 e. The minimum Gasteiger partial charge on any atom is -0.312 e. The molecular weight excluding hydrogens is 324 g/mol. The molecule has 2 unspecified atom stereocenters. The highest BCUT2D eigenvalue weighted by Gasteiger charge is 2.12. The van der Waals surface area contributed by atoms with E-state index in [0.29, 0.717) is 13.0 Å². The minimum atomic E-state index is -0.866. The van der Waals surface area contributed by atoms with Gasteiger partial charge in [-0.05, 0) is 41.0 Å². The molecule has 1 aromatic carbocycles. The van der Waals surface area contributed by atoms with Crippen molar-refractivity contribution in [1.82, 2.24) is 5.32 Å². The van der Waals surface area contributed by atoms with E-state index in [4.69, 9.17) is 0 Å². The molecule has 0 fully saturated rings. The number of nitrogens with one attached hydrogen (secondary N) is 1. The molecule has 0 heterocycles. The van der Waals surface area contributed by atoms with E-state index in [9.17, 15) is 13.0 Å². The van der Waals surface area contributed by atoms with E-state index >= 15 is 0 Å². The molecule has 0 saturated heterocycles. The van der Waals surface area contributed by atoms with Crippen molar-refractivity contribution in [2.45, 2.75) is 25.1 Å². The van der Waals surface area contributed by atoms with Gasteiger partial charge >= 0.3 is 0 Å².